The number of nitrogens with one attached hydrogen (secondary N) is 1. The molecular weight excluding hydrogens is 424 g/mol. The first-order valence-corrected chi connectivity index (χ1v) is 11.6. The Morgan fingerprint density at radius 3 is 2.29 bits per heavy atom. The average molecular weight is 453 g/mol. The number of aromatic nitrogens is 1. The van der Waals surface area contributed by atoms with E-state index in [9.17, 15) is 9.59 Å². The number of pyridine rings is 1. The van der Waals surface area contributed by atoms with Gasteiger partial charge < -0.3 is 10.4 Å². The van der Waals surface area contributed by atoms with Crippen molar-refractivity contribution in [3.8, 4) is 11.3 Å². The smallest absolute Gasteiger partial charge is 0.303 e. The van der Waals surface area contributed by atoms with Crippen LogP contribution < -0.4 is 5.32 Å². The predicted octanol–water partition coefficient (Wildman–Crippen LogP) is 5.67. The molecule has 0 saturated heterocycles. The molecule has 0 radical (unpaired) electrons. The molecule has 34 heavy (non-hydrogen) atoms. The zero-order valence-corrected chi connectivity index (χ0v) is 19.0. The minimum Gasteiger partial charge on any atom is -0.481 e. The van der Waals surface area contributed by atoms with Crippen LogP contribution in [0.5, 0.6) is 0 Å². The number of fused-ring (bicyclic) bond motifs is 1. The largest absolute Gasteiger partial charge is 0.481 e. The Kier molecular flexibility index (Phi) is 7.66. The minimum absolute atomic E-state index is 0.104. The number of benzene rings is 3. The highest BCUT2D eigenvalue weighted by molar-refractivity contribution is 5.98. The zero-order chi connectivity index (χ0) is 23.8. The second-order valence-electron chi connectivity index (χ2n) is 8.36. The van der Waals surface area contributed by atoms with Gasteiger partial charge in [-0.25, -0.2) is 4.98 Å². The summed E-state index contributed by atoms with van der Waals surface area (Å²) in [5.41, 5.74) is 5.61. The van der Waals surface area contributed by atoms with E-state index in [1.54, 1.807) is 0 Å². The molecule has 0 aliphatic rings. The van der Waals surface area contributed by atoms with Crippen LogP contribution in [0.4, 0.5) is 0 Å². The number of carbonyl (C=O) groups excluding carboxylic acids is 1. The molecular formula is C29H28N2O3. The molecule has 3 aromatic carbocycles. The molecule has 0 aliphatic carbocycles. The van der Waals surface area contributed by atoms with Crippen molar-refractivity contribution in [1.29, 1.82) is 0 Å². The van der Waals surface area contributed by atoms with Gasteiger partial charge in [0.05, 0.1) is 11.2 Å². The zero-order valence-electron chi connectivity index (χ0n) is 19.0. The highest BCUT2D eigenvalue weighted by Crippen LogP contribution is 2.27. The number of amides is 1. The van der Waals surface area contributed by atoms with Crippen molar-refractivity contribution in [3.05, 3.63) is 102 Å². The Hall–Kier alpha value is -3.99. The summed E-state index contributed by atoms with van der Waals surface area (Å²) in [5, 5.41) is 12.9. The monoisotopic (exact) mass is 452 g/mol. The normalized spacial score (nSPS) is 10.8. The van der Waals surface area contributed by atoms with Crippen molar-refractivity contribution >= 4 is 22.8 Å². The number of carbonyl (C=O) groups is 2. The van der Waals surface area contributed by atoms with E-state index in [1.807, 2.05) is 66.7 Å². The van der Waals surface area contributed by atoms with Crippen LogP contribution in [0.25, 0.3) is 22.2 Å². The third-order valence-electron chi connectivity index (χ3n) is 5.83. The van der Waals surface area contributed by atoms with Gasteiger partial charge >= 0.3 is 5.97 Å². The number of hydrogen-bond donors (Lipinski definition) is 2. The Morgan fingerprint density at radius 1 is 0.824 bits per heavy atom. The molecule has 0 unspecified atom stereocenters. The number of nitrogens with zero attached hydrogens (tertiary/aromatic N) is 1. The van der Waals surface area contributed by atoms with Crippen LogP contribution in [-0.2, 0) is 17.6 Å². The molecule has 0 saturated carbocycles. The number of rotatable bonds is 10. The summed E-state index contributed by atoms with van der Waals surface area (Å²) in [7, 11) is 0. The number of aryl methyl sites for hydroxylation is 1. The van der Waals surface area contributed by atoms with Gasteiger partial charge in [0.15, 0.2) is 0 Å². The van der Waals surface area contributed by atoms with Gasteiger partial charge in [-0.3, -0.25) is 9.59 Å². The fraction of sp³-hybridized carbons (Fsp3) is 0.207. The number of carboxylic acid groups (broad SMARTS) is 1. The van der Waals surface area contributed by atoms with Crippen molar-refractivity contribution in [3.63, 3.8) is 0 Å². The molecule has 0 fully saturated rings. The topological polar surface area (TPSA) is 79.3 Å². The van der Waals surface area contributed by atoms with Crippen LogP contribution in [0.3, 0.4) is 0 Å². The van der Waals surface area contributed by atoms with Crippen LogP contribution in [0.15, 0.2) is 84.9 Å². The second-order valence-corrected chi connectivity index (χ2v) is 8.36. The molecule has 2 N–H and O–H groups in total. The molecule has 1 amide bonds. The van der Waals surface area contributed by atoms with Crippen LogP contribution >= 0.6 is 0 Å². The van der Waals surface area contributed by atoms with E-state index in [1.165, 1.54) is 5.56 Å². The third-order valence-corrected chi connectivity index (χ3v) is 5.83. The van der Waals surface area contributed by atoms with E-state index in [0.717, 1.165) is 47.0 Å². The highest BCUT2D eigenvalue weighted by atomic mass is 16.4. The van der Waals surface area contributed by atoms with Gasteiger partial charge in [0.25, 0.3) is 5.91 Å². The summed E-state index contributed by atoms with van der Waals surface area (Å²) < 4.78 is 0. The molecule has 0 spiro atoms. The molecule has 0 aliphatic heterocycles. The average Bonchev–Trinajstić information content (AvgIpc) is 2.86. The van der Waals surface area contributed by atoms with E-state index >= 15 is 0 Å². The van der Waals surface area contributed by atoms with Gasteiger partial charge in [-0.1, -0.05) is 60.7 Å². The number of aliphatic carboxylic acids is 1. The summed E-state index contributed by atoms with van der Waals surface area (Å²) in [6.45, 7) is 0.570. The molecule has 1 aromatic heterocycles. The molecule has 4 aromatic rings. The first-order chi connectivity index (χ1) is 16.6. The van der Waals surface area contributed by atoms with Crippen molar-refractivity contribution in [2.75, 3.05) is 6.54 Å². The summed E-state index contributed by atoms with van der Waals surface area (Å²) in [5.74, 6) is -0.879. The molecule has 1 heterocycles. The van der Waals surface area contributed by atoms with Crippen molar-refractivity contribution in [2.45, 2.75) is 32.1 Å². The van der Waals surface area contributed by atoms with Crippen molar-refractivity contribution in [2.24, 2.45) is 0 Å². The lowest BCUT2D eigenvalue weighted by atomic mass is 9.98. The van der Waals surface area contributed by atoms with Crippen LogP contribution in [-0.4, -0.2) is 28.5 Å². The van der Waals surface area contributed by atoms with Crippen LogP contribution in [0, 0.1) is 0 Å². The van der Waals surface area contributed by atoms with E-state index in [-0.39, 0.29) is 12.3 Å². The highest BCUT2D eigenvalue weighted by Gasteiger charge is 2.12. The summed E-state index contributed by atoms with van der Waals surface area (Å²) >= 11 is 0. The van der Waals surface area contributed by atoms with E-state index in [2.05, 4.69) is 23.5 Å². The van der Waals surface area contributed by atoms with Crippen molar-refractivity contribution in [1.82, 2.24) is 10.3 Å². The summed E-state index contributed by atoms with van der Waals surface area (Å²) in [4.78, 5) is 28.5. The van der Waals surface area contributed by atoms with Gasteiger partial charge in [-0.05, 0) is 61.1 Å². The third kappa shape index (κ3) is 6.07. The van der Waals surface area contributed by atoms with Crippen molar-refractivity contribution < 1.29 is 14.7 Å². The predicted molar refractivity (Wildman–Crippen MR) is 135 cm³/mol. The number of hydrogen-bond acceptors (Lipinski definition) is 3. The van der Waals surface area contributed by atoms with E-state index in [4.69, 9.17) is 10.1 Å². The van der Waals surface area contributed by atoms with Gasteiger partial charge in [-0.2, -0.15) is 0 Å². The minimum atomic E-state index is -0.775. The lowest BCUT2D eigenvalue weighted by Gasteiger charge is -2.12. The molecule has 4 rings (SSSR count). The van der Waals surface area contributed by atoms with Crippen LogP contribution in [0.1, 0.15) is 40.7 Å². The fourth-order valence-corrected chi connectivity index (χ4v) is 4.06. The first-order valence-electron chi connectivity index (χ1n) is 11.6. The number of unbranched alkanes of at least 4 members (excludes halogenated alkanes) is 1. The van der Waals surface area contributed by atoms with Crippen LogP contribution in [0.2, 0.25) is 0 Å². The molecule has 172 valence electrons. The van der Waals surface area contributed by atoms with Gasteiger partial charge in [0.2, 0.25) is 0 Å². The van der Waals surface area contributed by atoms with E-state index in [0.29, 0.717) is 18.5 Å². The summed E-state index contributed by atoms with van der Waals surface area (Å²) in [6.07, 6.45) is 3.05. The SMILES string of the molecule is O=C(O)CCCCc1cc2cc(C(=O)NCCc3ccccc3)ccc2nc1-c1ccccc1. The lowest BCUT2D eigenvalue weighted by Crippen LogP contribution is -2.25. The van der Waals surface area contributed by atoms with E-state index < -0.39 is 5.97 Å². The molecule has 5 heteroatoms. The van der Waals surface area contributed by atoms with Gasteiger partial charge in [0.1, 0.15) is 0 Å². The quantitative estimate of drug-likeness (QED) is 0.304. The standard InChI is InChI=1S/C29H28N2O3/c32-27(33)14-8-7-13-23-19-25-20-24(29(34)30-18-17-21-9-3-1-4-10-21)15-16-26(25)31-28(23)22-11-5-2-6-12-22/h1-6,9-12,15-16,19-20H,7-8,13-14,17-18H2,(H,30,34)(H,32,33). The first kappa shape index (κ1) is 23.2. The Morgan fingerprint density at radius 2 is 1.56 bits per heavy atom. The molecule has 0 atom stereocenters. The summed E-state index contributed by atoms with van der Waals surface area (Å²) in [6, 6.07) is 27.8. The lowest BCUT2D eigenvalue weighted by molar-refractivity contribution is -0.137. The fourth-order valence-electron chi connectivity index (χ4n) is 4.06. The molecule has 5 nitrogen and oxygen atoms in total. The Labute approximate surface area is 199 Å². The maximum atomic E-state index is 12.7. The maximum Gasteiger partial charge on any atom is 0.303 e. The molecule has 0 bridgehead atoms. The van der Waals surface area contributed by atoms with Gasteiger partial charge in [-0.15, -0.1) is 0 Å². The van der Waals surface area contributed by atoms with Gasteiger partial charge in [0, 0.05) is 29.5 Å². The Balaban J connectivity index is 1.54. The maximum absolute atomic E-state index is 12.7. The number of carboxylic acids is 1. The Bertz CT molecular complexity index is 1270. The second kappa shape index (κ2) is 11.2.